The summed E-state index contributed by atoms with van der Waals surface area (Å²) in [5.41, 5.74) is 0.651. The fourth-order valence-electron chi connectivity index (χ4n) is 2.46. The smallest absolute Gasteiger partial charge is 0.319 e. The van der Waals surface area contributed by atoms with E-state index in [1.807, 2.05) is 25.1 Å². The third-order valence-corrected chi connectivity index (χ3v) is 3.67. The Morgan fingerprint density at radius 1 is 1.24 bits per heavy atom. The molecule has 1 heterocycles. The maximum atomic E-state index is 12.3. The van der Waals surface area contributed by atoms with E-state index in [0.29, 0.717) is 29.4 Å². The van der Waals surface area contributed by atoms with Crippen LogP contribution >= 0.6 is 0 Å². The molecule has 2 amide bonds. The van der Waals surface area contributed by atoms with Crippen molar-refractivity contribution in [2.45, 2.75) is 46.1 Å². The molecular formula is C17H23N5O3. The number of amides is 2. The minimum atomic E-state index is -0.891. The first kappa shape index (κ1) is 18.4. The Hall–Kier alpha value is -2.90. The van der Waals surface area contributed by atoms with E-state index in [1.54, 1.807) is 31.5 Å². The van der Waals surface area contributed by atoms with Gasteiger partial charge in [0.25, 0.3) is 0 Å². The summed E-state index contributed by atoms with van der Waals surface area (Å²) in [5.74, 6) is 0.471. The van der Waals surface area contributed by atoms with Crippen molar-refractivity contribution < 1.29 is 14.7 Å². The lowest BCUT2D eigenvalue weighted by Gasteiger charge is -2.26. The van der Waals surface area contributed by atoms with Crippen LogP contribution < -0.4 is 10.6 Å². The zero-order valence-corrected chi connectivity index (χ0v) is 14.8. The molecule has 2 aromatic rings. The van der Waals surface area contributed by atoms with Crippen LogP contribution in [0.15, 0.2) is 24.3 Å². The molecule has 8 heteroatoms. The first-order valence-corrected chi connectivity index (χ1v) is 7.98. The van der Waals surface area contributed by atoms with Gasteiger partial charge in [0.1, 0.15) is 11.6 Å². The molecule has 0 saturated carbocycles. The van der Waals surface area contributed by atoms with Gasteiger partial charge in [-0.1, -0.05) is 12.1 Å². The zero-order chi connectivity index (χ0) is 18.6. The first-order chi connectivity index (χ1) is 11.7. The van der Waals surface area contributed by atoms with Crippen LogP contribution in [0.3, 0.4) is 0 Å². The van der Waals surface area contributed by atoms with Crippen LogP contribution in [-0.2, 0) is 4.79 Å². The number of hydrogen-bond donors (Lipinski definition) is 3. The number of nitrogens with one attached hydrogen (secondary N) is 2. The molecule has 8 nitrogen and oxygen atoms in total. The lowest BCUT2D eigenvalue weighted by molar-refractivity contribution is -0.137. The molecule has 0 aliphatic carbocycles. The van der Waals surface area contributed by atoms with Crippen molar-refractivity contribution in [3.05, 3.63) is 35.9 Å². The summed E-state index contributed by atoms with van der Waals surface area (Å²) >= 11 is 0. The molecule has 1 aromatic heterocycles. The Kier molecular flexibility index (Phi) is 5.41. The number of hydrogen-bond acceptors (Lipinski definition) is 4. The van der Waals surface area contributed by atoms with Gasteiger partial charge in [0.05, 0.1) is 11.4 Å². The van der Waals surface area contributed by atoms with Gasteiger partial charge in [-0.2, -0.15) is 5.10 Å². The largest absolute Gasteiger partial charge is 0.481 e. The number of rotatable bonds is 6. The molecule has 0 saturated heterocycles. The molecule has 0 atom stereocenters. The number of carboxylic acid groups (broad SMARTS) is 1. The van der Waals surface area contributed by atoms with Crippen LogP contribution in [0.4, 0.5) is 10.5 Å². The number of nitrogens with zero attached hydrogens (tertiary/aromatic N) is 3. The molecule has 0 aliphatic rings. The fourth-order valence-corrected chi connectivity index (χ4v) is 2.46. The van der Waals surface area contributed by atoms with E-state index in [2.05, 4.69) is 20.7 Å². The first-order valence-electron chi connectivity index (χ1n) is 7.98. The third kappa shape index (κ3) is 5.03. The standard InChI is InChI=1S/C17H23N5O3/c1-11-18-12(2)22(21-11)14-8-6-5-7-13(14)19-16(25)20-17(3,4)10-9-15(23)24/h5-8H,9-10H2,1-4H3,(H,23,24)(H2,19,20,25). The van der Waals surface area contributed by atoms with E-state index in [1.165, 1.54) is 0 Å². The normalized spacial score (nSPS) is 11.2. The maximum Gasteiger partial charge on any atom is 0.319 e. The van der Waals surface area contributed by atoms with Gasteiger partial charge >= 0.3 is 12.0 Å². The van der Waals surface area contributed by atoms with Crippen molar-refractivity contribution in [2.75, 3.05) is 5.32 Å². The van der Waals surface area contributed by atoms with E-state index >= 15 is 0 Å². The minimum absolute atomic E-state index is 0.0126. The number of benzene rings is 1. The Labute approximate surface area is 146 Å². The molecule has 2 rings (SSSR count). The van der Waals surface area contributed by atoms with Gasteiger partial charge in [-0.05, 0) is 46.2 Å². The molecule has 0 unspecified atom stereocenters. The summed E-state index contributed by atoms with van der Waals surface area (Å²) in [7, 11) is 0. The molecule has 134 valence electrons. The SMILES string of the molecule is Cc1nc(C)n(-c2ccccc2NC(=O)NC(C)(C)CCC(=O)O)n1. The summed E-state index contributed by atoms with van der Waals surface area (Å²) in [6.45, 7) is 7.21. The van der Waals surface area contributed by atoms with Crippen LogP contribution in [0.5, 0.6) is 0 Å². The Balaban J connectivity index is 2.14. The van der Waals surface area contributed by atoms with Crippen LogP contribution in [-0.4, -0.2) is 37.4 Å². The van der Waals surface area contributed by atoms with E-state index in [4.69, 9.17) is 5.11 Å². The van der Waals surface area contributed by atoms with Gasteiger partial charge in [-0.3, -0.25) is 4.79 Å². The average Bonchev–Trinajstić information content (AvgIpc) is 2.84. The number of aryl methyl sites for hydroxylation is 2. The van der Waals surface area contributed by atoms with Gasteiger partial charge in [0, 0.05) is 12.0 Å². The highest BCUT2D eigenvalue weighted by Gasteiger charge is 2.22. The second kappa shape index (κ2) is 7.33. The third-order valence-electron chi connectivity index (χ3n) is 3.67. The maximum absolute atomic E-state index is 12.3. The molecule has 0 spiro atoms. The summed E-state index contributed by atoms with van der Waals surface area (Å²) in [6, 6.07) is 6.87. The van der Waals surface area contributed by atoms with E-state index in [-0.39, 0.29) is 6.42 Å². The van der Waals surface area contributed by atoms with Crippen molar-refractivity contribution in [1.82, 2.24) is 20.1 Å². The second-order valence-corrected chi connectivity index (χ2v) is 6.49. The van der Waals surface area contributed by atoms with E-state index in [9.17, 15) is 9.59 Å². The number of carboxylic acids is 1. The number of aromatic nitrogens is 3. The molecule has 1 aromatic carbocycles. The lowest BCUT2D eigenvalue weighted by atomic mass is 9.99. The van der Waals surface area contributed by atoms with E-state index < -0.39 is 17.5 Å². The monoisotopic (exact) mass is 345 g/mol. The number of aliphatic carboxylic acids is 1. The van der Waals surface area contributed by atoms with E-state index in [0.717, 1.165) is 0 Å². The molecule has 0 radical (unpaired) electrons. The number of carbonyl (C=O) groups excluding carboxylic acids is 1. The minimum Gasteiger partial charge on any atom is -0.481 e. The van der Waals surface area contributed by atoms with Crippen LogP contribution in [0.2, 0.25) is 0 Å². The number of para-hydroxylation sites is 2. The summed E-state index contributed by atoms with van der Waals surface area (Å²) in [5, 5.41) is 18.7. The predicted molar refractivity (Wildman–Crippen MR) is 93.9 cm³/mol. The molecule has 0 aliphatic heterocycles. The highest BCUT2D eigenvalue weighted by atomic mass is 16.4. The second-order valence-electron chi connectivity index (χ2n) is 6.49. The fraction of sp³-hybridized carbons (Fsp3) is 0.412. The lowest BCUT2D eigenvalue weighted by Crippen LogP contribution is -2.45. The molecule has 25 heavy (non-hydrogen) atoms. The van der Waals surface area contributed by atoms with Crippen molar-refractivity contribution in [3.63, 3.8) is 0 Å². The number of anilines is 1. The van der Waals surface area contributed by atoms with Crippen LogP contribution in [0.25, 0.3) is 5.69 Å². The Morgan fingerprint density at radius 3 is 2.52 bits per heavy atom. The number of urea groups is 1. The van der Waals surface area contributed by atoms with Crippen LogP contribution in [0.1, 0.15) is 38.3 Å². The quantitative estimate of drug-likeness (QED) is 0.746. The Morgan fingerprint density at radius 2 is 1.92 bits per heavy atom. The van der Waals surface area contributed by atoms with Gasteiger partial charge in [-0.25, -0.2) is 14.5 Å². The number of carbonyl (C=O) groups is 2. The summed E-state index contributed by atoms with van der Waals surface area (Å²) in [4.78, 5) is 27.3. The van der Waals surface area contributed by atoms with Gasteiger partial charge in [0.2, 0.25) is 0 Å². The molecular weight excluding hydrogens is 322 g/mol. The zero-order valence-electron chi connectivity index (χ0n) is 14.8. The highest BCUT2D eigenvalue weighted by Crippen LogP contribution is 2.21. The van der Waals surface area contributed by atoms with Crippen molar-refractivity contribution in [3.8, 4) is 5.69 Å². The summed E-state index contributed by atoms with van der Waals surface area (Å²) < 4.78 is 1.67. The van der Waals surface area contributed by atoms with Crippen molar-refractivity contribution in [2.24, 2.45) is 0 Å². The molecule has 0 bridgehead atoms. The van der Waals surface area contributed by atoms with Crippen LogP contribution in [0, 0.1) is 13.8 Å². The topological polar surface area (TPSA) is 109 Å². The summed E-state index contributed by atoms with van der Waals surface area (Å²) in [6.07, 6.45) is 0.320. The van der Waals surface area contributed by atoms with Gasteiger partial charge in [0.15, 0.2) is 0 Å². The van der Waals surface area contributed by atoms with Gasteiger partial charge < -0.3 is 15.7 Å². The van der Waals surface area contributed by atoms with Crippen molar-refractivity contribution >= 4 is 17.7 Å². The molecule has 3 N–H and O–H groups in total. The predicted octanol–water partition coefficient (Wildman–Crippen LogP) is 2.65. The average molecular weight is 345 g/mol. The van der Waals surface area contributed by atoms with Crippen molar-refractivity contribution in [1.29, 1.82) is 0 Å². The van der Waals surface area contributed by atoms with Gasteiger partial charge in [-0.15, -0.1) is 0 Å². The highest BCUT2D eigenvalue weighted by molar-refractivity contribution is 5.92. The molecule has 0 fully saturated rings. The Bertz CT molecular complexity index is 782.